The summed E-state index contributed by atoms with van der Waals surface area (Å²) in [4.78, 5) is 12.4. The lowest BCUT2D eigenvalue weighted by Gasteiger charge is -2.08. The molecule has 0 atom stereocenters. The fraction of sp³-hybridized carbons (Fsp3) is 0.118. The Balaban J connectivity index is 1.87. The lowest BCUT2D eigenvalue weighted by Crippen LogP contribution is -2.16. The van der Waals surface area contributed by atoms with Gasteiger partial charge in [-0.1, -0.05) is 30.3 Å². The number of anilines is 2. The average molecular weight is 325 g/mol. The lowest BCUT2D eigenvalue weighted by atomic mass is 10.1. The second kappa shape index (κ2) is 6.49. The van der Waals surface area contributed by atoms with E-state index in [0.29, 0.717) is 11.4 Å². The Morgan fingerprint density at radius 2 is 1.92 bits per heavy atom. The van der Waals surface area contributed by atoms with Gasteiger partial charge < -0.3 is 11.1 Å². The van der Waals surface area contributed by atoms with Crippen molar-refractivity contribution in [1.82, 2.24) is 15.0 Å². The van der Waals surface area contributed by atoms with Crippen LogP contribution in [-0.4, -0.2) is 20.9 Å². The predicted molar refractivity (Wildman–Crippen MR) is 89.5 cm³/mol. The molecule has 0 fully saturated rings. The van der Waals surface area contributed by atoms with Crippen molar-refractivity contribution in [2.24, 2.45) is 0 Å². The van der Waals surface area contributed by atoms with E-state index in [9.17, 15) is 9.18 Å². The quantitative estimate of drug-likeness (QED) is 0.772. The number of nitrogen functional groups attached to an aromatic ring is 1. The van der Waals surface area contributed by atoms with Crippen LogP contribution in [0.25, 0.3) is 5.69 Å². The van der Waals surface area contributed by atoms with E-state index >= 15 is 0 Å². The standard InChI is InChI=1S/C17H16FN5O/c1-2-11-5-3-4-6-14(11)20-17(24)15-16(19)23(22-21-15)13-9-7-12(18)8-10-13/h3-10H,2,19H2,1H3,(H,20,24). The number of hydrogen-bond acceptors (Lipinski definition) is 4. The number of aryl methyl sites for hydroxylation is 1. The van der Waals surface area contributed by atoms with Crippen molar-refractivity contribution in [3.05, 3.63) is 65.6 Å². The van der Waals surface area contributed by atoms with Gasteiger partial charge in [0.25, 0.3) is 5.91 Å². The number of nitrogens with zero attached hydrogens (tertiary/aromatic N) is 3. The number of benzene rings is 2. The van der Waals surface area contributed by atoms with Crippen molar-refractivity contribution < 1.29 is 9.18 Å². The summed E-state index contributed by atoms with van der Waals surface area (Å²) in [6, 6.07) is 13.1. The zero-order valence-corrected chi connectivity index (χ0v) is 13.0. The van der Waals surface area contributed by atoms with Gasteiger partial charge in [0.2, 0.25) is 0 Å². The minimum atomic E-state index is -0.443. The number of para-hydroxylation sites is 1. The van der Waals surface area contributed by atoms with Gasteiger partial charge >= 0.3 is 0 Å². The van der Waals surface area contributed by atoms with Gasteiger partial charge in [-0.3, -0.25) is 4.79 Å². The predicted octanol–water partition coefficient (Wildman–Crippen LogP) is 2.80. The van der Waals surface area contributed by atoms with E-state index in [1.807, 2.05) is 31.2 Å². The molecule has 7 heteroatoms. The Bertz CT molecular complexity index is 873. The fourth-order valence-electron chi connectivity index (χ4n) is 2.36. The summed E-state index contributed by atoms with van der Waals surface area (Å²) in [6.07, 6.45) is 0.786. The maximum absolute atomic E-state index is 13.0. The molecule has 1 heterocycles. The van der Waals surface area contributed by atoms with Gasteiger partial charge in [0.15, 0.2) is 11.5 Å². The fourth-order valence-corrected chi connectivity index (χ4v) is 2.36. The number of rotatable bonds is 4. The second-order valence-corrected chi connectivity index (χ2v) is 5.18. The Kier molecular flexibility index (Phi) is 4.24. The molecule has 3 N–H and O–H groups in total. The molecule has 122 valence electrons. The molecule has 0 bridgehead atoms. The maximum Gasteiger partial charge on any atom is 0.280 e. The molecule has 6 nitrogen and oxygen atoms in total. The van der Waals surface area contributed by atoms with Gasteiger partial charge in [-0.05, 0) is 42.3 Å². The molecule has 0 saturated heterocycles. The van der Waals surface area contributed by atoms with E-state index in [1.54, 1.807) is 0 Å². The lowest BCUT2D eigenvalue weighted by molar-refractivity contribution is 0.102. The van der Waals surface area contributed by atoms with Crippen LogP contribution in [0.15, 0.2) is 48.5 Å². The van der Waals surface area contributed by atoms with Crippen LogP contribution in [0.1, 0.15) is 23.0 Å². The number of carbonyl (C=O) groups is 1. The largest absolute Gasteiger partial charge is 0.382 e. The third-order valence-corrected chi connectivity index (χ3v) is 3.64. The second-order valence-electron chi connectivity index (χ2n) is 5.18. The van der Waals surface area contributed by atoms with Crippen LogP contribution in [0, 0.1) is 5.82 Å². The van der Waals surface area contributed by atoms with Gasteiger partial charge in [-0.15, -0.1) is 5.10 Å². The van der Waals surface area contributed by atoms with Gasteiger partial charge in [0.05, 0.1) is 5.69 Å². The number of hydrogen-bond donors (Lipinski definition) is 2. The van der Waals surface area contributed by atoms with Crippen LogP contribution in [0.5, 0.6) is 0 Å². The molecular weight excluding hydrogens is 309 g/mol. The summed E-state index contributed by atoms with van der Waals surface area (Å²) in [6.45, 7) is 2.00. The monoisotopic (exact) mass is 325 g/mol. The van der Waals surface area contributed by atoms with E-state index < -0.39 is 5.91 Å². The van der Waals surface area contributed by atoms with Crippen LogP contribution in [-0.2, 0) is 6.42 Å². The SMILES string of the molecule is CCc1ccccc1NC(=O)c1nnn(-c2ccc(F)cc2)c1N. The van der Waals surface area contributed by atoms with Crippen molar-refractivity contribution in [1.29, 1.82) is 0 Å². The molecule has 3 aromatic rings. The highest BCUT2D eigenvalue weighted by Crippen LogP contribution is 2.19. The minimum absolute atomic E-state index is 0.0187. The zero-order chi connectivity index (χ0) is 17.1. The Hall–Kier alpha value is -3.22. The van der Waals surface area contributed by atoms with Gasteiger partial charge in [-0.2, -0.15) is 4.68 Å². The summed E-state index contributed by atoms with van der Waals surface area (Å²) in [5, 5.41) is 10.5. The van der Waals surface area contributed by atoms with Gasteiger partial charge in [0.1, 0.15) is 5.82 Å². The third kappa shape index (κ3) is 2.96. The average Bonchev–Trinajstić information content (AvgIpc) is 2.98. The molecular formula is C17H16FN5O. The molecule has 2 aromatic carbocycles. The summed E-state index contributed by atoms with van der Waals surface area (Å²) >= 11 is 0. The van der Waals surface area contributed by atoms with Crippen molar-refractivity contribution in [3.63, 3.8) is 0 Å². The molecule has 0 radical (unpaired) electrons. The molecule has 24 heavy (non-hydrogen) atoms. The number of amides is 1. The van der Waals surface area contributed by atoms with E-state index in [-0.39, 0.29) is 17.3 Å². The topological polar surface area (TPSA) is 85.8 Å². The molecule has 0 aliphatic rings. The Labute approximate surface area is 138 Å². The van der Waals surface area contributed by atoms with E-state index in [2.05, 4.69) is 15.6 Å². The number of aromatic nitrogens is 3. The first-order valence-corrected chi connectivity index (χ1v) is 7.46. The zero-order valence-electron chi connectivity index (χ0n) is 13.0. The third-order valence-electron chi connectivity index (χ3n) is 3.64. The summed E-state index contributed by atoms with van der Waals surface area (Å²) < 4.78 is 14.3. The first-order valence-electron chi connectivity index (χ1n) is 7.46. The maximum atomic E-state index is 13.0. The van der Waals surface area contributed by atoms with E-state index in [0.717, 1.165) is 12.0 Å². The highest BCUT2D eigenvalue weighted by Gasteiger charge is 2.19. The van der Waals surface area contributed by atoms with E-state index in [1.165, 1.54) is 28.9 Å². The number of nitrogens with one attached hydrogen (secondary N) is 1. The van der Waals surface area contributed by atoms with Gasteiger partial charge in [-0.25, -0.2) is 4.39 Å². The van der Waals surface area contributed by atoms with Crippen molar-refractivity contribution in [3.8, 4) is 5.69 Å². The smallest absolute Gasteiger partial charge is 0.280 e. The van der Waals surface area contributed by atoms with Crippen molar-refractivity contribution in [2.75, 3.05) is 11.1 Å². The highest BCUT2D eigenvalue weighted by molar-refractivity contribution is 6.06. The first-order chi connectivity index (χ1) is 11.6. The van der Waals surface area contributed by atoms with Crippen molar-refractivity contribution in [2.45, 2.75) is 13.3 Å². The van der Waals surface area contributed by atoms with Crippen LogP contribution in [0.3, 0.4) is 0 Å². The number of nitrogens with two attached hydrogens (primary N) is 1. The Morgan fingerprint density at radius 3 is 2.62 bits per heavy atom. The molecule has 0 aliphatic carbocycles. The number of carbonyl (C=O) groups excluding carboxylic acids is 1. The molecule has 1 aromatic heterocycles. The van der Waals surface area contributed by atoms with Crippen molar-refractivity contribution >= 4 is 17.4 Å². The van der Waals surface area contributed by atoms with Crippen LogP contribution < -0.4 is 11.1 Å². The van der Waals surface area contributed by atoms with E-state index in [4.69, 9.17) is 5.73 Å². The minimum Gasteiger partial charge on any atom is -0.382 e. The van der Waals surface area contributed by atoms with Crippen LogP contribution in [0.2, 0.25) is 0 Å². The van der Waals surface area contributed by atoms with Crippen LogP contribution in [0.4, 0.5) is 15.9 Å². The molecule has 0 unspecified atom stereocenters. The van der Waals surface area contributed by atoms with Crippen LogP contribution >= 0.6 is 0 Å². The first kappa shape index (κ1) is 15.7. The molecule has 0 saturated carbocycles. The summed E-state index contributed by atoms with van der Waals surface area (Å²) in [5.74, 6) is -0.721. The number of halogens is 1. The summed E-state index contributed by atoms with van der Waals surface area (Å²) in [5.41, 5.74) is 8.24. The molecule has 0 aliphatic heterocycles. The summed E-state index contributed by atoms with van der Waals surface area (Å²) in [7, 11) is 0. The normalized spacial score (nSPS) is 10.6. The molecule has 3 rings (SSSR count). The molecule has 0 spiro atoms. The molecule has 1 amide bonds. The van der Waals surface area contributed by atoms with Gasteiger partial charge in [0, 0.05) is 5.69 Å². The highest BCUT2D eigenvalue weighted by atomic mass is 19.1. The Morgan fingerprint density at radius 1 is 1.21 bits per heavy atom.